The third-order valence-corrected chi connectivity index (χ3v) is 2.55. The maximum Gasteiger partial charge on any atom is 0.412 e. The molecular formula is C11H14ClNO3. The summed E-state index contributed by atoms with van der Waals surface area (Å²) in [5.74, 6) is 0. The Morgan fingerprint density at radius 3 is 2.44 bits per heavy atom. The van der Waals surface area contributed by atoms with E-state index in [4.69, 9.17) is 21.8 Å². The largest absolute Gasteiger partial charge is 0.465 e. The number of rotatable bonds is 4. The van der Waals surface area contributed by atoms with Crippen molar-refractivity contribution in [2.24, 2.45) is 0 Å². The molecule has 0 radical (unpaired) electrons. The summed E-state index contributed by atoms with van der Waals surface area (Å²) in [7, 11) is 0. The van der Waals surface area contributed by atoms with E-state index in [-0.39, 0.29) is 12.6 Å². The van der Waals surface area contributed by atoms with E-state index in [1.54, 1.807) is 31.2 Å². The molecule has 0 aliphatic heterocycles. The van der Waals surface area contributed by atoms with Crippen LogP contribution in [0.3, 0.4) is 0 Å². The monoisotopic (exact) mass is 243 g/mol. The number of benzene rings is 1. The van der Waals surface area contributed by atoms with Gasteiger partial charge in [0.15, 0.2) is 0 Å². The van der Waals surface area contributed by atoms with Crippen molar-refractivity contribution in [1.82, 2.24) is 0 Å². The van der Waals surface area contributed by atoms with Crippen molar-refractivity contribution in [1.29, 1.82) is 0 Å². The first kappa shape index (κ1) is 12.8. The maximum atomic E-state index is 11.1. The predicted octanol–water partition coefficient (Wildman–Crippen LogP) is 2.60. The second kappa shape index (κ2) is 5.72. The van der Waals surface area contributed by atoms with Crippen LogP contribution in [-0.4, -0.2) is 29.0 Å². The van der Waals surface area contributed by atoms with Crippen LogP contribution >= 0.6 is 11.6 Å². The molecule has 88 valence electrons. The number of carbonyl (C=O) groups is 1. The summed E-state index contributed by atoms with van der Waals surface area (Å²) in [6.45, 7) is 1.71. The average molecular weight is 244 g/mol. The SMILES string of the molecule is CC(CCO)N(C(=O)O)c1ccc(Cl)cc1. The highest BCUT2D eigenvalue weighted by atomic mass is 35.5. The molecule has 0 saturated heterocycles. The minimum Gasteiger partial charge on any atom is -0.465 e. The molecule has 4 nitrogen and oxygen atoms in total. The van der Waals surface area contributed by atoms with E-state index < -0.39 is 6.09 Å². The van der Waals surface area contributed by atoms with Crippen molar-refractivity contribution in [2.75, 3.05) is 11.5 Å². The van der Waals surface area contributed by atoms with Crippen molar-refractivity contribution in [3.8, 4) is 0 Å². The summed E-state index contributed by atoms with van der Waals surface area (Å²) in [6.07, 6.45) is -0.641. The minimum atomic E-state index is -1.04. The highest BCUT2D eigenvalue weighted by molar-refractivity contribution is 6.30. The van der Waals surface area contributed by atoms with Crippen LogP contribution in [-0.2, 0) is 0 Å². The summed E-state index contributed by atoms with van der Waals surface area (Å²) in [5.41, 5.74) is 0.554. The zero-order chi connectivity index (χ0) is 12.1. The first-order chi connectivity index (χ1) is 7.56. The molecule has 2 N–H and O–H groups in total. The predicted molar refractivity (Wildman–Crippen MR) is 63.1 cm³/mol. The van der Waals surface area contributed by atoms with Gasteiger partial charge in [-0.1, -0.05) is 11.6 Å². The van der Waals surface area contributed by atoms with Gasteiger partial charge in [-0.05, 0) is 37.6 Å². The zero-order valence-electron chi connectivity index (χ0n) is 8.93. The van der Waals surface area contributed by atoms with Gasteiger partial charge in [-0.25, -0.2) is 4.79 Å². The molecule has 0 saturated carbocycles. The van der Waals surface area contributed by atoms with Crippen LogP contribution in [0.2, 0.25) is 5.02 Å². The second-order valence-corrected chi connectivity index (χ2v) is 3.93. The van der Waals surface area contributed by atoms with Crippen molar-refractivity contribution >= 4 is 23.4 Å². The smallest absolute Gasteiger partial charge is 0.412 e. The van der Waals surface area contributed by atoms with Gasteiger partial charge in [-0.2, -0.15) is 0 Å². The number of nitrogens with zero attached hydrogens (tertiary/aromatic N) is 1. The number of amides is 1. The van der Waals surface area contributed by atoms with E-state index >= 15 is 0 Å². The van der Waals surface area contributed by atoms with Gasteiger partial charge in [-0.15, -0.1) is 0 Å². The molecule has 5 heteroatoms. The molecular weight excluding hydrogens is 230 g/mol. The molecule has 0 aromatic heterocycles. The Hall–Kier alpha value is -1.26. The number of anilines is 1. The standard InChI is InChI=1S/C11H14ClNO3/c1-8(6-7-14)13(11(15)16)10-4-2-9(12)3-5-10/h2-5,8,14H,6-7H2,1H3,(H,15,16). The lowest BCUT2D eigenvalue weighted by atomic mass is 10.2. The first-order valence-corrected chi connectivity index (χ1v) is 5.32. The number of carboxylic acid groups (broad SMARTS) is 1. The molecule has 0 bridgehead atoms. The van der Waals surface area contributed by atoms with E-state index in [0.717, 1.165) is 0 Å². The third kappa shape index (κ3) is 3.12. The molecule has 1 aromatic rings. The number of hydrogen-bond donors (Lipinski definition) is 2. The fourth-order valence-electron chi connectivity index (χ4n) is 1.47. The lowest BCUT2D eigenvalue weighted by Crippen LogP contribution is -2.38. The van der Waals surface area contributed by atoms with Crippen LogP contribution in [0.5, 0.6) is 0 Å². The van der Waals surface area contributed by atoms with Gasteiger partial charge in [0.25, 0.3) is 0 Å². The summed E-state index contributed by atoms with van der Waals surface area (Å²) in [5, 5.41) is 18.5. The second-order valence-electron chi connectivity index (χ2n) is 3.49. The minimum absolute atomic E-state index is 0.0431. The summed E-state index contributed by atoms with van der Waals surface area (Å²) in [4.78, 5) is 12.3. The van der Waals surface area contributed by atoms with E-state index in [1.807, 2.05) is 0 Å². The molecule has 1 aromatic carbocycles. The van der Waals surface area contributed by atoms with Gasteiger partial charge in [0.2, 0.25) is 0 Å². The fourth-order valence-corrected chi connectivity index (χ4v) is 1.60. The highest BCUT2D eigenvalue weighted by Gasteiger charge is 2.20. The van der Waals surface area contributed by atoms with Crippen LogP contribution in [0.15, 0.2) is 24.3 Å². The molecule has 0 fully saturated rings. The van der Waals surface area contributed by atoms with Gasteiger partial charge in [-0.3, -0.25) is 4.90 Å². The Labute approximate surface area is 99.1 Å². The number of aliphatic hydroxyl groups excluding tert-OH is 1. The Kier molecular flexibility index (Phi) is 4.58. The quantitative estimate of drug-likeness (QED) is 0.855. The van der Waals surface area contributed by atoms with Crippen LogP contribution in [0, 0.1) is 0 Å². The van der Waals surface area contributed by atoms with Gasteiger partial charge >= 0.3 is 6.09 Å². The third-order valence-electron chi connectivity index (χ3n) is 2.30. The molecule has 1 unspecified atom stereocenters. The molecule has 0 aliphatic rings. The lowest BCUT2D eigenvalue weighted by molar-refractivity contribution is 0.197. The molecule has 1 amide bonds. The van der Waals surface area contributed by atoms with Crippen molar-refractivity contribution in [2.45, 2.75) is 19.4 Å². The Balaban J connectivity index is 2.93. The van der Waals surface area contributed by atoms with Gasteiger partial charge in [0.05, 0.1) is 0 Å². The highest BCUT2D eigenvalue weighted by Crippen LogP contribution is 2.21. The average Bonchev–Trinajstić information content (AvgIpc) is 2.21. The Morgan fingerprint density at radius 2 is 2.00 bits per heavy atom. The van der Waals surface area contributed by atoms with E-state index in [1.165, 1.54) is 4.90 Å². The topological polar surface area (TPSA) is 60.8 Å². The van der Waals surface area contributed by atoms with Gasteiger partial charge in [0.1, 0.15) is 0 Å². The zero-order valence-corrected chi connectivity index (χ0v) is 9.68. The Morgan fingerprint density at radius 1 is 1.44 bits per heavy atom. The molecule has 1 rings (SSSR count). The van der Waals surface area contributed by atoms with Gasteiger partial charge in [0, 0.05) is 23.4 Å². The number of halogens is 1. The summed E-state index contributed by atoms with van der Waals surface area (Å²) in [6, 6.07) is 6.29. The lowest BCUT2D eigenvalue weighted by Gasteiger charge is -2.26. The molecule has 0 heterocycles. The normalized spacial score (nSPS) is 12.2. The van der Waals surface area contributed by atoms with E-state index in [0.29, 0.717) is 17.1 Å². The van der Waals surface area contributed by atoms with Crippen molar-refractivity contribution in [3.05, 3.63) is 29.3 Å². The summed E-state index contributed by atoms with van der Waals surface area (Å²) >= 11 is 5.73. The van der Waals surface area contributed by atoms with E-state index in [9.17, 15) is 4.79 Å². The van der Waals surface area contributed by atoms with Crippen LogP contribution in [0.4, 0.5) is 10.5 Å². The number of hydrogen-bond acceptors (Lipinski definition) is 2. The molecule has 0 spiro atoms. The molecule has 1 atom stereocenters. The first-order valence-electron chi connectivity index (χ1n) is 4.95. The number of aliphatic hydroxyl groups is 1. The fraction of sp³-hybridized carbons (Fsp3) is 0.364. The van der Waals surface area contributed by atoms with Crippen molar-refractivity contribution < 1.29 is 15.0 Å². The van der Waals surface area contributed by atoms with Crippen LogP contribution in [0.1, 0.15) is 13.3 Å². The van der Waals surface area contributed by atoms with Crippen LogP contribution in [0.25, 0.3) is 0 Å². The van der Waals surface area contributed by atoms with Gasteiger partial charge < -0.3 is 10.2 Å². The Bertz CT molecular complexity index is 353. The maximum absolute atomic E-state index is 11.1. The van der Waals surface area contributed by atoms with Crippen molar-refractivity contribution in [3.63, 3.8) is 0 Å². The van der Waals surface area contributed by atoms with Crippen LogP contribution < -0.4 is 4.90 Å². The molecule has 0 aliphatic carbocycles. The summed E-state index contributed by atoms with van der Waals surface area (Å²) < 4.78 is 0. The van der Waals surface area contributed by atoms with E-state index in [2.05, 4.69) is 0 Å². The molecule has 16 heavy (non-hydrogen) atoms.